The first-order chi connectivity index (χ1) is 9.60. The minimum atomic E-state index is 0.214. The molecule has 1 N–H and O–H groups in total. The van der Waals surface area contributed by atoms with E-state index in [0.717, 1.165) is 11.3 Å². The van der Waals surface area contributed by atoms with Crippen molar-refractivity contribution in [2.75, 3.05) is 7.05 Å². The van der Waals surface area contributed by atoms with Crippen LogP contribution in [-0.4, -0.2) is 17.2 Å². The number of halogens is 1. The highest BCUT2D eigenvalue weighted by Crippen LogP contribution is 2.23. The molecule has 0 bridgehead atoms. The summed E-state index contributed by atoms with van der Waals surface area (Å²) in [5.41, 5.74) is 0.993. The van der Waals surface area contributed by atoms with Crippen LogP contribution < -0.4 is 10.1 Å². The van der Waals surface area contributed by atoms with Crippen molar-refractivity contribution in [3.63, 3.8) is 0 Å². The predicted molar refractivity (Wildman–Crippen MR) is 76.9 cm³/mol. The Kier molecular flexibility index (Phi) is 4.98. The van der Waals surface area contributed by atoms with Crippen LogP contribution in [0.4, 0.5) is 0 Å². The summed E-state index contributed by atoms with van der Waals surface area (Å²) in [4.78, 5) is 4.27. The Balaban J connectivity index is 2.06. The third-order valence-corrected chi connectivity index (χ3v) is 2.96. The van der Waals surface area contributed by atoms with E-state index in [9.17, 15) is 0 Å². The van der Waals surface area contributed by atoms with Gasteiger partial charge in [0.05, 0.1) is 0 Å². The summed E-state index contributed by atoms with van der Waals surface area (Å²) in [6.07, 6.45) is 0. The smallest absolute Gasteiger partial charge is 0.229 e. The zero-order valence-electron chi connectivity index (χ0n) is 11.8. The minimum absolute atomic E-state index is 0.214. The molecule has 0 atom stereocenters. The van der Waals surface area contributed by atoms with Crippen molar-refractivity contribution in [3.8, 4) is 5.75 Å². The van der Waals surface area contributed by atoms with Crippen LogP contribution in [0.15, 0.2) is 22.7 Å². The van der Waals surface area contributed by atoms with E-state index in [1.807, 2.05) is 33.0 Å². The van der Waals surface area contributed by atoms with Crippen LogP contribution in [0.5, 0.6) is 5.75 Å². The van der Waals surface area contributed by atoms with E-state index in [1.54, 1.807) is 6.07 Å². The lowest BCUT2D eigenvalue weighted by molar-refractivity contribution is 0.281. The zero-order chi connectivity index (χ0) is 14.5. The first-order valence-electron chi connectivity index (χ1n) is 6.48. The van der Waals surface area contributed by atoms with Crippen LogP contribution >= 0.6 is 11.6 Å². The Hall–Kier alpha value is -1.59. The molecule has 2 aromatic rings. The van der Waals surface area contributed by atoms with Gasteiger partial charge in [-0.2, -0.15) is 4.98 Å². The molecule has 0 unspecified atom stereocenters. The van der Waals surface area contributed by atoms with Gasteiger partial charge in [0.1, 0.15) is 5.75 Å². The molecule has 6 heteroatoms. The maximum atomic E-state index is 5.98. The van der Waals surface area contributed by atoms with Crippen molar-refractivity contribution in [2.24, 2.45) is 0 Å². The van der Waals surface area contributed by atoms with Gasteiger partial charge in [0, 0.05) is 23.0 Å². The second kappa shape index (κ2) is 6.72. The summed E-state index contributed by atoms with van der Waals surface area (Å²) in [7, 11) is 1.87. The zero-order valence-corrected chi connectivity index (χ0v) is 12.6. The topological polar surface area (TPSA) is 60.2 Å². The lowest BCUT2D eigenvalue weighted by atomic mass is 10.2. The molecule has 0 spiro atoms. The van der Waals surface area contributed by atoms with Gasteiger partial charge in [0.15, 0.2) is 6.61 Å². The summed E-state index contributed by atoms with van der Waals surface area (Å²) in [5, 5.41) is 7.66. The molecule has 20 heavy (non-hydrogen) atoms. The molecular formula is C14H18ClN3O2. The number of rotatable bonds is 6. The molecule has 0 fully saturated rings. The second-order valence-corrected chi connectivity index (χ2v) is 5.21. The second-order valence-electron chi connectivity index (χ2n) is 4.77. The third kappa shape index (κ3) is 3.71. The quantitative estimate of drug-likeness (QED) is 0.887. The van der Waals surface area contributed by atoms with Gasteiger partial charge in [-0.25, -0.2) is 0 Å². The van der Waals surface area contributed by atoms with Crippen LogP contribution in [0.25, 0.3) is 0 Å². The number of hydrogen-bond acceptors (Lipinski definition) is 5. The Morgan fingerprint density at radius 2 is 2.20 bits per heavy atom. The lowest BCUT2D eigenvalue weighted by Gasteiger charge is -2.10. The molecule has 0 saturated heterocycles. The van der Waals surface area contributed by atoms with Gasteiger partial charge in [0.25, 0.3) is 0 Å². The average molecular weight is 296 g/mol. The fraction of sp³-hybridized carbons (Fsp3) is 0.429. The Labute approximate surface area is 123 Å². The number of nitrogens with one attached hydrogen (secondary N) is 1. The van der Waals surface area contributed by atoms with Crippen molar-refractivity contribution < 1.29 is 9.26 Å². The predicted octanol–water partition coefficient (Wildman–Crippen LogP) is 3.14. The van der Waals surface area contributed by atoms with Gasteiger partial charge in [-0.3, -0.25) is 0 Å². The largest absolute Gasteiger partial charge is 0.485 e. The molecule has 0 amide bonds. The Morgan fingerprint density at radius 3 is 2.85 bits per heavy atom. The summed E-state index contributed by atoms with van der Waals surface area (Å²) in [5.74, 6) is 2.14. The molecule has 2 rings (SSSR count). The molecule has 0 radical (unpaired) electrons. The first kappa shape index (κ1) is 14.8. The van der Waals surface area contributed by atoms with E-state index in [1.165, 1.54) is 0 Å². The maximum Gasteiger partial charge on any atom is 0.229 e. The Bertz CT molecular complexity index is 569. The molecule has 1 heterocycles. The van der Waals surface area contributed by atoms with Gasteiger partial charge in [-0.15, -0.1) is 0 Å². The van der Waals surface area contributed by atoms with Crippen LogP contribution in [0.1, 0.15) is 37.0 Å². The first-order valence-corrected chi connectivity index (χ1v) is 6.86. The molecule has 0 aliphatic heterocycles. The fourth-order valence-electron chi connectivity index (χ4n) is 1.72. The van der Waals surface area contributed by atoms with Crippen LogP contribution in [0, 0.1) is 0 Å². The van der Waals surface area contributed by atoms with E-state index in [-0.39, 0.29) is 12.5 Å². The molecule has 0 aliphatic carbocycles. The number of nitrogens with zero attached hydrogens (tertiary/aromatic N) is 2. The molecule has 5 nitrogen and oxygen atoms in total. The number of ether oxygens (including phenoxy) is 1. The van der Waals surface area contributed by atoms with Gasteiger partial charge < -0.3 is 14.6 Å². The highest BCUT2D eigenvalue weighted by Gasteiger charge is 2.11. The van der Waals surface area contributed by atoms with Gasteiger partial charge in [0.2, 0.25) is 11.7 Å². The standard InChI is InChI=1S/C14H18ClN3O2/c1-9(2)14-17-13(18-20-14)8-19-12-5-4-11(15)6-10(12)7-16-3/h4-6,9,16H,7-8H2,1-3H3. The van der Waals surface area contributed by atoms with Crippen molar-refractivity contribution in [1.29, 1.82) is 0 Å². The van der Waals surface area contributed by atoms with Crippen LogP contribution in [0.3, 0.4) is 0 Å². The third-order valence-electron chi connectivity index (χ3n) is 2.72. The van der Waals surface area contributed by atoms with Crippen LogP contribution in [-0.2, 0) is 13.2 Å². The summed E-state index contributed by atoms with van der Waals surface area (Å²) < 4.78 is 10.9. The number of aromatic nitrogens is 2. The monoisotopic (exact) mass is 295 g/mol. The Morgan fingerprint density at radius 1 is 1.40 bits per heavy atom. The minimum Gasteiger partial charge on any atom is -0.485 e. The lowest BCUT2D eigenvalue weighted by Crippen LogP contribution is -2.08. The molecule has 1 aromatic heterocycles. The molecule has 1 aromatic carbocycles. The number of benzene rings is 1. The fourth-order valence-corrected chi connectivity index (χ4v) is 1.92. The molecule has 0 saturated carbocycles. The highest BCUT2D eigenvalue weighted by atomic mass is 35.5. The number of hydrogen-bond donors (Lipinski definition) is 1. The van der Waals surface area contributed by atoms with E-state index in [0.29, 0.717) is 23.3 Å². The van der Waals surface area contributed by atoms with Crippen molar-refractivity contribution in [2.45, 2.75) is 32.9 Å². The van der Waals surface area contributed by atoms with Gasteiger partial charge >= 0.3 is 0 Å². The summed E-state index contributed by atoms with van der Waals surface area (Å²) >= 11 is 5.98. The van der Waals surface area contributed by atoms with Crippen molar-refractivity contribution in [3.05, 3.63) is 40.5 Å². The van der Waals surface area contributed by atoms with E-state index in [4.69, 9.17) is 20.9 Å². The van der Waals surface area contributed by atoms with Gasteiger partial charge in [-0.1, -0.05) is 30.6 Å². The summed E-state index contributed by atoms with van der Waals surface area (Å²) in [6, 6.07) is 5.52. The van der Waals surface area contributed by atoms with Crippen LogP contribution in [0.2, 0.25) is 5.02 Å². The molecule has 0 aliphatic rings. The molecule has 108 valence electrons. The van der Waals surface area contributed by atoms with Crippen molar-refractivity contribution in [1.82, 2.24) is 15.5 Å². The van der Waals surface area contributed by atoms with E-state index < -0.39 is 0 Å². The van der Waals surface area contributed by atoms with Crippen molar-refractivity contribution >= 4 is 11.6 Å². The van der Waals surface area contributed by atoms with E-state index in [2.05, 4.69) is 15.5 Å². The maximum absolute atomic E-state index is 5.98. The normalized spacial score (nSPS) is 11.1. The summed E-state index contributed by atoms with van der Waals surface area (Å²) in [6.45, 7) is 4.96. The average Bonchev–Trinajstić information content (AvgIpc) is 2.87. The highest BCUT2D eigenvalue weighted by molar-refractivity contribution is 6.30. The van der Waals surface area contributed by atoms with Gasteiger partial charge in [-0.05, 0) is 25.2 Å². The molecular weight excluding hydrogens is 278 g/mol. The SMILES string of the molecule is CNCc1cc(Cl)ccc1OCc1noc(C(C)C)n1. The van der Waals surface area contributed by atoms with E-state index >= 15 is 0 Å².